The van der Waals surface area contributed by atoms with Gasteiger partial charge in [0.05, 0.1) is 27.0 Å². The van der Waals surface area contributed by atoms with Gasteiger partial charge in [-0.05, 0) is 44.2 Å². The molecule has 1 N–H and O–H groups in total. The molecule has 0 fully saturated rings. The molecule has 32 heavy (non-hydrogen) atoms. The van der Waals surface area contributed by atoms with E-state index in [1.165, 1.54) is 16.8 Å². The predicted octanol–water partition coefficient (Wildman–Crippen LogP) is 5.01. The highest BCUT2D eigenvalue weighted by molar-refractivity contribution is 6.34. The van der Waals surface area contributed by atoms with E-state index in [1.807, 2.05) is 11.4 Å². The molecule has 0 aliphatic carbocycles. The molecule has 2 heterocycles. The van der Waals surface area contributed by atoms with Gasteiger partial charge in [0.15, 0.2) is 18.1 Å². The number of nitrogens with zero attached hydrogens (tertiary/aromatic N) is 3. The van der Waals surface area contributed by atoms with E-state index in [-0.39, 0.29) is 15.7 Å². The third-order valence-corrected chi connectivity index (χ3v) is 4.79. The number of rotatable bonds is 5. The Balaban J connectivity index is 1.74. The van der Waals surface area contributed by atoms with Gasteiger partial charge < -0.3 is 10.1 Å². The van der Waals surface area contributed by atoms with E-state index in [2.05, 4.69) is 10.1 Å². The summed E-state index contributed by atoms with van der Waals surface area (Å²) in [6.45, 7) is 2.70. The van der Waals surface area contributed by atoms with Gasteiger partial charge in [0.25, 0.3) is 5.91 Å². The fourth-order valence-electron chi connectivity index (χ4n) is 2.82. The molecule has 0 spiro atoms. The highest BCUT2D eigenvalue weighted by Crippen LogP contribution is 2.38. The van der Waals surface area contributed by atoms with Crippen molar-refractivity contribution in [3.63, 3.8) is 0 Å². The van der Waals surface area contributed by atoms with Crippen molar-refractivity contribution in [3.8, 4) is 5.82 Å². The van der Waals surface area contributed by atoms with E-state index >= 15 is 0 Å². The molecule has 0 saturated carbocycles. The van der Waals surface area contributed by atoms with Gasteiger partial charge in [-0.2, -0.15) is 18.3 Å². The maximum Gasteiger partial charge on any atom is 0.418 e. The minimum absolute atomic E-state index is 0.0360. The van der Waals surface area contributed by atoms with Gasteiger partial charge in [-0.15, -0.1) is 0 Å². The van der Waals surface area contributed by atoms with Crippen molar-refractivity contribution < 1.29 is 27.5 Å². The molecule has 0 aliphatic heterocycles. The monoisotopic (exact) mass is 486 g/mol. The van der Waals surface area contributed by atoms with Gasteiger partial charge in [0.1, 0.15) is 0 Å². The molecule has 3 aromatic rings. The predicted molar refractivity (Wildman–Crippen MR) is 111 cm³/mol. The summed E-state index contributed by atoms with van der Waals surface area (Å²) >= 11 is 11.8. The number of hydrogen-bond donors (Lipinski definition) is 1. The fourth-order valence-corrected chi connectivity index (χ4v) is 3.22. The number of aromatic nitrogens is 3. The largest absolute Gasteiger partial charge is 0.451 e. The van der Waals surface area contributed by atoms with E-state index in [1.54, 1.807) is 19.9 Å². The van der Waals surface area contributed by atoms with E-state index in [0.717, 1.165) is 23.5 Å². The number of pyridine rings is 1. The summed E-state index contributed by atoms with van der Waals surface area (Å²) in [5.41, 5.74) is -0.551. The van der Waals surface area contributed by atoms with Gasteiger partial charge in [-0.1, -0.05) is 29.3 Å². The van der Waals surface area contributed by atoms with Crippen LogP contribution in [0.15, 0.2) is 36.4 Å². The standard InChI is InChI=1S/C20H15Cl2F3N4O3/c1-10-8-11(2)29(28-10)15-7-6-14(22)18(26-15)19(31)32-9-16(30)27-17-12(20(23,24)25)4-3-5-13(17)21/h3-8H,9H2,1-2H3,(H,27,30). The van der Waals surface area contributed by atoms with Crippen molar-refractivity contribution in [1.82, 2.24) is 14.8 Å². The van der Waals surface area contributed by atoms with E-state index in [9.17, 15) is 22.8 Å². The lowest BCUT2D eigenvalue weighted by atomic mass is 10.1. The lowest BCUT2D eigenvalue weighted by Crippen LogP contribution is -2.23. The van der Waals surface area contributed by atoms with Crippen LogP contribution in [0.1, 0.15) is 27.4 Å². The zero-order valence-electron chi connectivity index (χ0n) is 16.6. The number of alkyl halides is 3. The van der Waals surface area contributed by atoms with Crippen molar-refractivity contribution >= 4 is 40.8 Å². The summed E-state index contributed by atoms with van der Waals surface area (Å²) in [4.78, 5) is 28.7. The molecule has 0 saturated heterocycles. The molecule has 3 rings (SSSR count). The number of amides is 1. The number of aryl methyl sites for hydroxylation is 2. The van der Waals surface area contributed by atoms with Crippen LogP contribution in [0.4, 0.5) is 18.9 Å². The lowest BCUT2D eigenvalue weighted by Gasteiger charge is -2.15. The SMILES string of the molecule is Cc1cc(C)n(-c2ccc(Cl)c(C(=O)OCC(=O)Nc3c(Cl)cccc3C(F)(F)F)n2)n1. The van der Waals surface area contributed by atoms with E-state index in [4.69, 9.17) is 27.9 Å². The number of ether oxygens (including phenoxy) is 1. The zero-order valence-corrected chi connectivity index (χ0v) is 18.1. The molecule has 168 valence electrons. The smallest absolute Gasteiger partial charge is 0.418 e. The summed E-state index contributed by atoms with van der Waals surface area (Å²) < 4.78 is 45.8. The van der Waals surface area contributed by atoms with Crippen molar-refractivity contribution in [2.45, 2.75) is 20.0 Å². The van der Waals surface area contributed by atoms with Crippen LogP contribution in [-0.2, 0) is 15.7 Å². The first-order chi connectivity index (χ1) is 15.0. The number of hydrogen-bond acceptors (Lipinski definition) is 5. The fraction of sp³-hybridized carbons (Fsp3) is 0.200. The Hall–Kier alpha value is -3.11. The molecule has 1 amide bonds. The van der Waals surface area contributed by atoms with Crippen LogP contribution in [0.3, 0.4) is 0 Å². The maximum atomic E-state index is 13.1. The maximum absolute atomic E-state index is 13.1. The Labute approximate surface area is 190 Å². The molecule has 7 nitrogen and oxygen atoms in total. The molecule has 0 radical (unpaired) electrons. The van der Waals surface area contributed by atoms with Crippen molar-refractivity contribution in [2.75, 3.05) is 11.9 Å². The quantitative estimate of drug-likeness (QED) is 0.512. The Kier molecular flexibility index (Phi) is 6.75. The Morgan fingerprint density at radius 2 is 1.84 bits per heavy atom. The first-order valence-corrected chi connectivity index (χ1v) is 9.76. The zero-order chi connectivity index (χ0) is 23.6. The average molecular weight is 487 g/mol. The van der Waals surface area contributed by atoms with Crippen LogP contribution in [0, 0.1) is 13.8 Å². The molecule has 0 bridgehead atoms. The van der Waals surface area contributed by atoms with Gasteiger partial charge in [0, 0.05) is 5.69 Å². The molecular weight excluding hydrogens is 472 g/mol. The first kappa shape index (κ1) is 23.6. The molecule has 12 heteroatoms. The number of esters is 1. The van der Waals surface area contributed by atoms with Gasteiger partial charge >= 0.3 is 12.1 Å². The Morgan fingerprint density at radius 3 is 2.47 bits per heavy atom. The number of halogens is 5. The van der Waals surface area contributed by atoms with Crippen LogP contribution in [0.25, 0.3) is 5.82 Å². The van der Waals surface area contributed by atoms with Gasteiger partial charge in [0.2, 0.25) is 0 Å². The molecule has 0 unspecified atom stereocenters. The second kappa shape index (κ2) is 9.17. The highest BCUT2D eigenvalue weighted by Gasteiger charge is 2.35. The van der Waals surface area contributed by atoms with Crippen LogP contribution < -0.4 is 5.32 Å². The molecule has 1 aromatic carbocycles. The summed E-state index contributed by atoms with van der Waals surface area (Å²) in [5.74, 6) is -1.77. The summed E-state index contributed by atoms with van der Waals surface area (Å²) in [5, 5.41) is 5.92. The number of para-hydroxylation sites is 1. The van der Waals surface area contributed by atoms with Crippen LogP contribution in [0.5, 0.6) is 0 Å². The number of nitrogens with one attached hydrogen (secondary N) is 1. The van der Waals surface area contributed by atoms with Crippen molar-refractivity contribution in [3.05, 3.63) is 69.1 Å². The van der Waals surface area contributed by atoms with E-state index in [0.29, 0.717) is 5.82 Å². The number of anilines is 1. The third-order valence-electron chi connectivity index (χ3n) is 4.17. The minimum Gasteiger partial charge on any atom is -0.451 e. The number of benzene rings is 1. The molecule has 0 aliphatic rings. The molecule has 0 atom stereocenters. The summed E-state index contributed by atoms with van der Waals surface area (Å²) in [6.07, 6.45) is -4.74. The first-order valence-electron chi connectivity index (χ1n) is 9.00. The Morgan fingerprint density at radius 1 is 1.12 bits per heavy atom. The average Bonchev–Trinajstić information content (AvgIpc) is 3.05. The third kappa shape index (κ3) is 5.20. The number of carbonyl (C=O) groups is 2. The second-order valence-electron chi connectivity index (χ2n) is 6.62. The van der Waals surface area contributed by atoms with Crippen LogP contribution in [0.2, 0.25) is 10.0 Å². The molecular formula is C20H15Cl2F3N4O3. The van der Waals surface area contributed by atoms with Gasteiger partial charge in [-0.25, -0.2) is 14.5 Å². The second-order valence-corrected chi connectivity index (χ2v) is 7.44. The normalized spacial score (nSPS) is 11.3. The van der Waals surface area contributed by atoms with Gasteiger partial charge in [-0.3, -0.25) is 4.79 Å². The highest BCUT2D eigenvalue weighted by atomic mass is 35.5. The van der Waals surface area contributed by atoms with Crippen LogP contribution >= 0.6 is 23.2 Å². The summed E-state index contributed by atoms with van der Waals surface area (Å²) in [6, 6.07) is 7.82. The Bertz CT molecular complexity index is 1200. The summed E-state index contributed by atoms with van der Waals surface area (Å²) in [7, 11) is 0. The van der Waals surface area contributed by atoms with Crippen molar-refractivity contribution in [1.29, 1.82) is 0 Å². The lowest BCUT2D eigenvalue weighted by molar-refractivity contribution is -0.137. The van der Waals surface area contributed by atoms with Crippen LogP contribution in [-0.4, -0.2) is 33.2 Å². The number of carbonyl (C=O) groups excluding carboxylic acids is 2. The topological polar surface area (TPSA) is 86.1 Å². The van der Waals surface area contributed by atoms with Crippen molar-refractivity contribution in [2.24, 2.45) is 0 Å². The minimum atomic E-state index is -4.74. The van der Waals surface area contributed by atoms with E-state index < -0.39 is 35.9 Å². The molecule has 2 aromatic heterocycles.